The third-order valence-electron chi connectivity index (χ3n) is 4.76. The summed E-state index contributed by atoms with van der Waals surface area (Å²) in [5.74, 6) is 0.261. The fourth-order valence-electron chi connectivity index (χ4n) is 3.50. The molecule has 0 aliphatic carbocycles. The van der Waals surface area contributed by atoms with Crippen molar-refractivity contribution in [1.29, 1.82) is 0 Å². The molecule has 6 nitrogen and oxygen atoms in total. The van der Waals surface area contributed by atoms with Crippen molar-refractivity contribution in [2.45, 2.75) is 32.1 Å². The van der Waals surface area contributed by atoms with Crippen LogP contribution in [0.2, 0.25) is 0 Å². The molecule has 1 N–H and O–H groups in total. The minimum atomic E-state index is -3.55. The number of sulfonamides is 1. The van der Waals surface area contributed by atoms with Gasteiger partial charge in [-0.25, -0.2) is 8.42 Å². The first kappa shape index (κ1) is 20.7. The highest BCUT2D eigenvalue weighted by atomic mass is 32.2. The summed E-state index contributed by atoms with van der Waals surface area (Å²) in [6.07, 6.45) is 1.03. The Bertz CT molecular complexity index is 970. The van der Waals surface area contributed by atoms with Crippen LogP contribution in [0.15, 0.2) is 41.3 Å². The van der Waals surface area contributed by atoms with E-state index in [0.717, 1.165) is 17.8 Å². The molecule has 1 fully saturated rings. The number of carbonyl (C=O) groups is 2. The molecule has 0 bridgehead atoms. The quantitative estimate of drug-likeness (QED) is 0.744. The number of ketones is 1. The van der Waals surface area contributed by atoms with Gasteiger partial charge in [0.1, 0.15) is 0 Å². The summed E-state index contributed by atoms with van der Waals surface area (Å²) in [7, 11) is -3.55. The van der Waals surface area contributed by atoms with Crippen LogP contribution in [0.1, 0.15) is 46.5 Å². The highest BCUT2D eigenvalue weighted by Gasteiger charge is 2.31. The average molecular weight is 421 g/mol. The number of benzene rings is 1. The number of hydrogen-bond donors (Lipinski definition) is 1. The number of nitrogens with zero attached hydrogens (tertiary/aromatic N) is 1. The van der Waals surface area contributed by atoms with E-state index in [1.807, 2.05) is 0 Å². The Morgan fingerprint density at radius 1 is 1.00 bits per heavy atom. The Hall–Kier alpha value is -2.03. The lowest BCUT2D eigenvalue weighted by Crippen LogP contribution is -2.42. The van der Waals surface area contributed by atoms with Crippen LogP contribution < -0.4 is 5.32 Å². The Balaban J connectivity index is 1.72. The molecule has 0 spiro atoms. The topological polar surface area (TPSA) is 83.5 Å². The lowest BCUT2D eigenvalue weighted by molar-refractivity contribution is 0.101. The van der Waals surface area contributed by atoms with Crippen LogP contribution in [0, 0.1) is 11.8 Å². The summed E-state index contributed by atoms with van der Waals surface area (Å²) in [5.41, 5.74) is 0.502. The normalized spacial score (nSPS) is 20.7. The van der Waals surface area contributed by atoms with Crippen LogP contribution in [-0.2, 0) is 10.0 Å². The fourth-order valence-corrected chi connectivity index (χ4v) is 5.98. The van der Waals surface area contributed by atoms with Crippen LogP contribution in [-0.4, -0.2) is 37.5 Å². The van der Waals surface area contributed by atoms with Gasteiger partial charge in [-0.2, -0.15) is 4.31 Å². The molecule has 0 radical (unpaired) electrons. The van der Waals surface area contributed by atoms with E-state index in [2.05, 4.69) is 19.2 Å². The minimum absolute atomic E-state index is 0.0834. The number of thiophene rings is 1. The van der Waals surface area contributed by atoms with E-state index >= 15 is 0 Å². The molecule has 1 saturated heterocycles. The van der Waals surface area contributed by atoms with Crippen LogP contribution in [0.4, 0.5) is 5.69 Å². The van der Waals surface area contributed by atoms with Gasteiger partial charge in [0.05, 0.1) is 14.6 Å². The van der Waals surface area contributed by atoms with Crippen molar-refractivity contribution in [2.24, 2.45) is 11.8 Å². The first-order valence-electron chi connectivity index (χ1n) is 9.19. The fraction of sp³-hybridized carbons (Fsp3) is 0.400. The van der Waals surface area contributed by atoms with E-state index in [-0.39, 0.29) is 16.6 Å². The van der Waals surface area contributed by atoms with Crippen LogP contribution in [0.25, 0.3) is 0 Å². The maximum Gasteiger partial charge on any atom is 0.265 e. The second kappa shape index (κ2) is 8.14. The number of Topliss-reactive ketones (excluding diaryl/α,β-unsaturated/α-hetero) is 1. The largest absolute Gasteiger partial charge is 0.321 e. The maximum atomic E-state index is 12.9. The maximum absolute atomic E-state index is 12.9. The number of amides is 1. The highest BCUT2D eigenvalue weighted by molar-refractivity contribution is 7.89. The van der Waals surface area contributed by atoms with Gasteiger partial charge in [-0.05, 0) is 61.6 Å². The first-order chi connectivity index (χ1) is 13.2. The molecule has 1 aliphatic heterocycles. The van der Waals surface area contributed by atoms with Crippen molar-refractivity contribution in [3.63, 3.8) is 0 Å². The molecule has 3 rings (SSSR count). The number of nitrogens with one attached hydrogen (secondary N) is 1. The van der Waals surface area contributed by atoms with E-state index in [0.29, 0.717) is 40.4 Å². The Labute approximate surface area is 169 Å². The van der Waals surface area contributed by atoms with Gasteiger partial charge >= 0.3 is 0 Å². The predicted octanol–water partition coefficient (Wildman–Crippen LogP) is 3.87. The zero-order valence-corrected chi connectivity index (χ0v) is 17.8. The molecule has 28 heavy (non-hydrogen) atoms. The summed E-state index contributed by atoms with van der Waals surface area (Å²) < 4.78 is 27.4. The third-order valence-corrected chi connectivity index (χ3v) is 7.79. The Morgan fingerprint density at radius 3 is 2.11 bits per heavy atom. The number of carbonyl (C=O) groups excluding carboxylic acids is 2. The second-order valence-corrected chi connectivity index (χ2v) is 10.5. The molecule has 2 heterocycles. The lowest BCUT2D eigenvalue weighted by atomic mass is 9.94. The molecule has 1 aliphatic rings. The summed E-state index contributed by atoms with van der Waals surface area (Å²) in [6, 6.07) is 9.43. The highest BCUT2D eigenvalue weighted by Crippen LogP contribution is 2.27. The van der Waals surface area contributed by atoms with Gasteiger partial charge in [-0.1, -0.05) is 13.8 Å². The summed E-state index contributed by atoms with van der Waals surface area (Å²) in [6.45, 7) is 6.65. The summed E-state index contributed by atoms with van der Waals surface area (Å²) >= 11 is 1.13. The van der Waals surface area contributed by atoms with Crippen molar-refractivity contribution < 1.29 is 18.0 Å². The molecule has 0 saturated carbocycles. The van der Waals surface area contributed by atoms with E-state index < -0.39 is 10.0 Å². The molecule has 8 heteroatoms. The number of rotatable bonds is 5. The van der Waals surface area contributed by atoms with E-state index in [4.69, 9.17) is 0 Å². The first-order valence-corrected chi connectivity index (χ1v) is 11.4. The SMILES string of the molecule is CC(=O)c1ccc(C(=O)Nc2ccc(S(=O)(=O)N3C[C@H](C)C[C@H](C)C3)cc2)s1. The molecule has 150 valence electrons. The average Bonchev–Trinajstić information content (AvgIpc) is 3.12. The predicted molar refractivity (Wildman–Crippen MR) is 110 cm³/mol. The van der Waals surface area contributed by atoms with Gasteiger partial charge in [0, 0.05) is 18.8 Å². The molecule has 1 amide bonds. The number of anilines is 1. The van der Waals surface area contributed by atoms with Gasteiger partial charge in [-0.3, -0.25) is 9.59 Å². The van der Waals surface area contributed by atoms with Gasteiger partial charge < -0.3 is 5.32 Å². The lowest BCUT2D eigenvalue weighted by Gasteiger charge is -2.34. The van der Waals surface area contributed by atoms with Crippen LogP contribution in [0.5, 0.6) is 0 Å². The number of hydrogen-bond acceptors (Lipinski definition) is 5. The van der Waals surface area contributed by atoms with E-state index in [1.165, 1.54) is 19.1 Å². The summed E-state index contributed by atoms with van der Waals surface area (Å²) in [4.78, 5) is 24.9. The standard InChI is InChI=1S/C20H24N2O4S2/c1-13-10-14(2)12-22(11-13)28(25,26)17-6-4-16(5-7-17)21-20(24)19-9-8-18(27-19)15(3)23/h4-9,13-14H,10-12H2,1-3H3,(H,21,24)/t13-,14+. The molecule has 2 aromatic rings. The van der Waals surface area contributed by atoms with Crippen molar-refractivity contribution in [1.82, 2.24) is 4.31 Å². The third kappa shape index (κ3) is 4.51. The molecular formula is C20H24N2O4S2. The van der Waals surface area contributed by atoms with Gasteiger partial charge in [-0.15, -0.1) is 11.3 Å². The minimum Gasteiger partial charge on any atom is -0.321 e. The zero-order valence-electron chi connectivity index (χ0n) is 16.1. The van der Waals surface area contributed by atoms with Gasteiger partial charge in [0.25, 0.3) is 5.91 Å². The van der Waals surface area contributed by atoms with Crippen molar-refractivity contribution in [2.75, 3.05) is 18.4 Å². The monoisotopic (exact) mass is 420 g/mol. The van der Waals surface area contributed by atoms with E-state index in [1.54, 1.807) is 28.6 Å². The number of piperidine rings is 1. The molecule has 1 aromatic carbocycles. The van der Waals surface area contributed by atoms with Crippen LogP contribution in [0.3, 0.4) is 0 Å². The smallest absolute Gasteiger partial charge is 0.265 e. The van der Waals surface area contributed by atoms with Gasteiger partial charge in [0.15, 0.2) is 5.78 Å². The van der Waals surface area contributed by atoms with Crippen molar-refractivity contribution >= 4 is 38.7 Å². The second-order valence-electron chi connectivity index (χ2n) is 7.47. The molecule has 0 unspecified atom stereocenters. The summed E-state index contributed by atoms with van der Waals surface area (Å²) in [5, 5.41) is 2.73. The Kier molecular flexibility index (Phi) is 6.02. The molecule has 1 aromatic heterocycles. The van der Waals surface area contributed by atoms with Crippen LogP contribution >= 0.6 is 11.3 Å². The Morgan fingerprint density at radius 2 is 1.57 bits per heavy atom. The van der Waals surface area contributed by atoms with Crippen molar-refractivity contribution in [3.8, 4) is 0 Å². The van der Waals surface area contributed by atoms with Gasteiger partial charge in [0.2, 0.25) is 10.0 Å². The van der Waals surface area contributed by atoms with E-state index in [9.17, 15) is 18.0 Å². The molecular weight excluding hydrogens is 396 g/mol. The zero-order chi connectivity index (χ0) is 20.5. The van der Waals surface area contributed by atoms with Crippen molar-refractivity contribution in [3.05, 3.63) is 46.2 Å². The molecule has 2 atom stereocenters.